The minimum Gasteiger partial charge on any atom is -0.480 e. The summed E-state index contributed by atoms with van der Waals surface area (Å²) in [6.45, 7) is 1.52. The van der Waals surface area contributed by atoms with Crippen LogP contribution in [0.2, 0.25) is 20.1 Å². The largest absolute Gasteiger partial charge is 0.513 e. The summed E-state index contributed by atoms with van der Waals surface area (Å²) in [6, 6.07) is 5.70. The van der Waals surface area contributed by atoms with Crippen molar-refractivity contribution in [2.75, 3.05) is 55.1 Å². The number of carboxylic acids is 1. The number of hydrogen-bond donors (Lipinski definition) is 3. The molecule has 0 aromatic heterocycles. The number of nitrogens with zero attached hydrogens (tertiary/aromatic N) is 3. The van der Waals surface area contributed by atoms with Crippen molar-refractivity contribution in [3.05, 3.63) is 79.2 Å². The second kappa shape index (κ2) is 24.2. The normalized spacial score (nSPS) is 16.5. The fourth-order valence-corrected chi connectivity index (χ4v) is 9.79. The van der Waals surface area contributed by atoms with E-state index in [1.165, 1.54) is 35.8 Å². The Morgan fingerprint density at radius 2 is 1.22 bits per heavy atom. The van der Waals surface area contributed by atoms with Crippen molar-refractivity contribution in [1.29, 1.82) is 0 Å². The van der Waals surface area contributed by atoms with Gasteiger partial charge >= 0.3 is 30.6 Å². The first-order chi connectivity index (χ1) is 34.4. The van der Waals surface area contributed by atoms with Crippen LogP contribution in [0.15, 0.2) is 42.5 Å². The van der Waals surface area contributed by atoms with E-state index in [-0.39, 0.29) is 23.6 Å². The molecule has 2 fully saturated rings. The third kappa shape index (κ3) is 12.8. The second-order valence-electron chi connectivity index (χ2n) is 15.8. The summed E-state index contributed by atoms with van der Waals surface area (Å²) in [7, 11) is 5.03. The van der Waals surface area contributed by atoms with E-state index in [1.54, 1.807) is 32.0 Å². The van der Waals surface area contributed by atoms with Crippen LogP contribution in [0.3, 0.4) is 0 Å². The summed E-state index contributed by atoms with van der Waals surface area (Å²) in [6.07, 6.45) is -5.72. The van der Waals surface area contributed by atoms with Gasteiger partial charge in [0.2, 0.25) is 17.7 Å². The molecule has 392 valence electrons. The monoisotopic (exact) mass is 1120 g/mol. The molecule has 3 N–H and O–H groups in total. The number of rotatable bonds is 17. The van der Waals surface area contributed by atoms with Crippen LogP contribution >= 0.6 is 58.2 Å². The molecule has 5 rings (SSSR count). The molecule has 5 amide bonds. The fourth-order valence-electron chi connectivity index (χ4n) is 7.33. The van der Waals surface area contributed by atoms with Crippen LogP contribution in [0.1, 0.15) is 52.6 Å². The van der Waals surface area contributed by atoms with Crippen LogP contribution in [0.5, 0.6) is 23.0 Å². The lowest BCUT2D eigenvalue weighted by atomic mass is 9.95. The molecule has 3 aromatic carbocycles. The zero-order valence-electron chi connectivity index (χ0n) is 39.2. The molecule has 0 radical (unpaired) electrons. The number of ether oxygens (including phenoxy) is 8. The van der Waals surface area contributed by atoms with Gasteiger partial charge in [0.25, 0.3) is 11.8 Å². The number of hydrogen-bond acceptors (Lipinski definition) is 19. The smallest absolute Gasteiger partial charge is 0.480 e. The molecule has 0 saturated carbocycles. The number of aliphatic carboxylic acids is 1. The van der Waals surface area contributed by atoms with Gasteiger partial charge in [0, 0.05) is 37.0 Å². The van der Waals surface area contributed by atoms with E-state index in [0.29, 0.717) is 0 Å². The number of methoxy groups -OCH3 is 4. The lowest BCUT2D eigenvalue weighted by Crippen LogP contribution is -2.71. The number of fused-ring (bicyclic) bond motifs is 1. The van der Waals surface area contributed by atoms with E-state index < -0.39 is 151 Å². The summed E-state index contributed by atoms with van der Waals surface area (Å²) in [5.74, 6) is -8.83. The molecule has 1 unspecified atom stereocenters. The Kier molecular flexibility index (Phi) is 18.9. The van der Waals surface area contributed by atoms with Gasteiger partial charge in [-0.25, -0.2) is 24.0 Å². The molecule has 2 aliphatic heterocycles. The molecular formula is C44H43Cl4N5O19S. The molecule has 29 heteroatoms. The molecule has 3 aromatic rings. The lowest BCUT2D eigenvalue weighted by molar-refractivity contribution is -0.161. The van der Waals surface area contributed by atoms with E-state index in [0.717, 1.165) is 50.4 Å². The van der Waals surface area contributed by atoms with E-state index in [1.807, 2.05) is 0 Å². The third-order valence-corrected chi connectivity index (χ3v) is 13.8. The van der Waals surface area contributed by atoms with Gasteiger partial charge in [0.1, 0.15) is 34.6 Å². The Morgan fingerprint density at radius 3 is 1.70 bits per heavy atom. The maximum atomic E-state index is 14.9. The number of halogens is 4. The number of β-lactam (4-membered cyclic amide) rings is 1. The van der Waals surface area contributed by atoms with Crippen LogP contribution in [-0.4, -0.2) is 157 Å². The number of amides is 5. The Morgan fingerprint density at radius 1 is 0.740 bits per heavy atom. The topological polar surface area (TPSA) is 299 Å². The molecule has 24 nitrogen and oxygen atoms in total. The maximum Gasteiger partial charge on any atom is 0.513 e. The predicted octanol–water partition coefficient (Wildman–Crippen LogP) is 5.97. The minimum atomic E-state index is -1.55. The van der Waals surface area contributed by atoms with E-state index >= 15 is 0 Å². The SMILES string of the molecule is COC(=O)Oc1cc(Cl)c(Cl)c(C(=O)N(C)CCCN(CC(=O)NC(C(=O)N[C@@H]2C(=O)N3[C@@H]2SC(C)(C)[C@@H]3C(=O)O)c2ccccc2)C(=O)c2c(Cl)c(Cl)cc(OC(=O)OC)c2OC(=O)OC)c1OC(=O)OC. The van der Waals surface area contributed by atoms with Gasteiger partial charge in [0.15, 0.2) is 23.0 Å². The number of nitrogens with one attached hydrogen (secondary N) is 2. The predicted molar refractivity (Wildman–Crippen MR) is 256 cm³/mol. The molecule has 2 saturated heterocycles. The van der Waals surface area contributed by atoms with Crippen molar-refractivity contribution in [2.45, 2.75) is 48.5 Å². The number of thioether (sulfide) groups is 1. The molecule has 0 spiro atoms. The average Bonchev–Trinajstić information content (AvgIpc) is 3.61. The fraction of sp³-hybridized carbons (Fsp3) is 0.364. The Balaban J connectivity index is 1.51. The first-order valence-corrected chi connectivity index (χ1v) is 23.3. The van der Waals surface area contributed by atoms with Crippen LogP contribution in [0, 0.1) is 0 Å². The first kappa shape index (κ1) is 57.0. The van der Waals surface area contributed by atoms with Gasteiger partial charge < -0.3 is 68.3 Å². The van der Waals surface area contributed by atoms with Gasteiger partial charge in [0.05, 0.1) is 55.1 Å². The summed E-state index contributed by atoms with van der Waals surface area (Å²) in [4.78, 5) is 135. The summed E-state index contributed by atoms with van der Waals surface area (Å²) in [5, 5.41) is 12.5. The van der Waals surface area contributed by atoms with Gasteiger partial charge in [-0.1, -0.05) is 76.7 Å². The van der Waals surface area contributed by atoms with Gasteiger partial charge in [-0.2, -0.15) is 0 Å². The van der Waals surface area contributed by atoms with Crippen molar-refractivity contribution in [1.82, 2.24) is 25.3 Å². The molecular weight excluding hydrogens is 1080 g/mol. The summed E-state index contributed by atoms with van der Waals surface area (Å²) in [5.41, 5.74) is -1.14. The van der Waals surface area contributed by atoms with E-state index in [2.05, 4.69) is 29.6 Å². The molecule has 73 heavy (non-hydrogen) atoms. The maximum absolute atomic E-state index is 14.9. The van der Waals surface area contributed by atoms with Crippen molar-refractivity contribution in [2.24, 2.45) is 0 Å². The van der Waals surface area contributed by atoms with Crippen LogP contribution in [0.25, 0.3) is 0 Å². The van der Waals surface area contributed by atoms with Crippen molar-refractivity contribution >= 4 is 118 Å². The van der Waals surface area contributed by atoms with Crippen LogP contribution < -0.4 is 29.6 Å². The van der Waals surface area contributed by atoms with Crippen molar-refractivity contribution in [3.8, 4) is 23.0 Å². The van der Waals surface area contributed by atoms with E-state index in [9.17, 15) is 53.1 Å². The highest BCUT2D eigenvalue weighted by molar-refractivity contribution is 8.01. The minimum absolute atomic E-state index is 0.212. The molecule has 2 heterocycles. The highest BCUT2D eigenvalue weighted by Crippen LogP contribution is 2.51. The van der Waals surface area contributed by atoms with E-state index in [4.69, 9.17) is 65.4 Å². The van der Waals surface area contributed by atoms with Gasteiger partial charge in [-0.15, -0.1) is 11.8 Å². The number of benzene rings is 3. The highest BCUT2D eigenvalue weighted by atomic mass is 35.5. The lowest BCUT2D eigenvalue weighted by Gasteiger charge is -2.44. The highest BCUT2D eigenvalue weighted by Gasteiger charge is 2.64. The molecule has 4 atom stereocenters. The van der Waals surface area contributed by atoms with Crippen LogP contribution in [0.4, 0.5) is 19.2 Å². The van der Waals surface area contributed by atoms with Gasteiger partial charge in [-0.05, 0) is 25.8 Å². The zero-order valence-corrected chi connectivity index (χ0v) is 43.1. The first-order valence-electron chi connectivity index (χ1n) is 20.9. The Bertz CT molecular complexity index is 2730. The molecule has 2 aliphatic rings. The summed E-state index contributed by atoms with van der Waals surface area (Å²) < 4.78 is 37.8. The second-order valence-corrected chi connectivity index (χ2v) is 19.1. The molecule has 0 aliphatic carbocycles. The Hall–Kier alpha value is -6.93. The standard InChI is InChI=1S/C44H43Cl4N5O19S/c1-44(2)33(39(59)60)53-37(58)30(38(53)73-44)50-34(55)29(19-12-9-8-10-13-19)49-24(54)18-52(36(57)26-28(48)21(46)17-23(70-41(62)66-5)32(26)72-43(64)68-7)15-11-14-51(3)35(56)25-27(47)20(45)16-22(69-40(61)65-4)31(25)71-42(63)67-6/h8-10,12-13,16-17,29-30,33,38H,11,14-15,18H2,1-7H3,(H,49,54)(H,50,55)(H,59,60)/t29?,30-,33+,38-/m1/s1. The third-order valence-electron chi connectivity index (χ3n) is 10.7. The van der Waals surface area contributed by atoms with Crippen molar-refractivity contribution in [3.63, 3.8) is 0 Å². The van der Waals surface area contributed by atoms with Crippen LogP contribution in [-0.2, 0) is 38.1 Å². The quantitative estimate of drug-likeness (QED) is 0.0606. The molecule has 0 bridgehead atoms. The van der Waals surface area contributed by atoms with Gasteiger partial charge in [-0.3, -0.25) is 24.0 Å². The van der Waals surface area contributed by atoms with Crippen molar-refractivity contribution < 1.29 is 90.9 Å². The average molecular weight is 1120 g/mol. The number of carbonyl (C=O) groups is 10. The zero-order chi connectivity index (χ0) is 54.2. The number of carbonyl (C=O) groups excluding carboxylic acids is 9. The summed E-state index contributed by atoms with van der Waals surface area (Å²) >= 11 is 26.9. The Labute approximate surface area is 438 Å². The number of carboxylic acid groups (broad SMARTS) is 1.